The summed E-state index contributed by atoms with van der Waals surface area (Å²) in [5.41, 5.74) is 2.27. The molecule has 8 heteroatoms. The van der Waals surface area contributed by atoms with Crippen LogP contribution in [0, 0.1) is 5.82 Å². The van der Waals surface area contributed by atoms with E-state index in [1.165, 1.54) is 30.4 Å². The zero-order valence-electron chi connectivity index (χ0n) is 16.4. The highest BCUT2D eigenvalue weighted by Gasteiger charge is 2.44. The summed E-state index contributed by atoms with van der Waals surface area (Å²) in [4.78, 5) is 52.3. The number of fused-ring (bicyclic) bond motifs is 2. The average molecular weight is 414 g/mol. The number of benzene rings is 1. The smallest absolute Gasteiger partial charge is 0.262 e. The van der Waals surface area contributed by atoms with Gasteiger partial charge in [0, 0.05) is 24.3 Å². The van der Waals surface area contributed by atoms with E-state index in [-0.39, 0.29) is 23.4 Å². The van der Waals surface area contributed by atoms with E-state index in [0.717, 1.165) is 4.90 Å². The van der Waals surface area contributed by atoms with Crippen molar-refractivity contribution in [3.8, 4) is 11.4 Å². The number of halogens is 1. The monoisotopic (exact) mass is 414 g/mol. The van der Waals surface area contributed by atoms with Crippen molar-refractivity contribution in [2.45, 2.75) is 19.4 Å². The van der Waals surface area contributed by atoms with Gasteiger partial charge in [0.05, 0.1) is 34.0 Å². The molecule has 1 saturated heterocycles. The van der Waals surface area contributed by atoms with E-state index in [1.54, 1.807) is 31.3 Å². The van der Waals surface area contributed by atoms with Crippen LogP contribution in [0.1, 0.15) is 25.1 Å². The lowest BCUT2D eigenvalue weighted by Gasteiger charge is -2.23. The van der Waals surface area contributed by atoms with Crippen molar-refractivity contribution in [1.82, 2.24) is 19.9 Å². The van der Waals surface area contributed by atoms with Crippen molar-refractivity contribution in [3.63, 3.8) is 0 Å². The molecule has 2 aromatic heterocycles. The van der Waals surface area contributed by atoms with E-state index in [0.29, 0.717) is 28.1 Å². The summed E-state index contributed by atoms with van der Waals surface area (Å²) < 4.78 is 13.8. The number of carbonyl (C=O) groups is 3. The molecule has 0 bridgehead atoms. The van der Waals surface area contributed by atoms with E-state index in [2.05, 4.69) is 15.0 Å². The van der Waals surface area contributed by atoms with Crippen molar-refractivity contribution in [2.75, 3.05) is 0 Å². The van der Waals surface area contributed by atoms with Gasteiger partial charge in [0.2, 0.25) is 0 Å². The average Bonchev–Trinajstić information content (AvgIpc) is 3.02. The highest BCUT2D eigenvalue weighted by atomic mass is 19.1. The second-order valence-corrected chi connectivity index (χ2v) is 7.31. The fourth-order valence-electron chi connectivity index (χ4n) is 3.84. The normalized spacial score (nSPS) is 17.0. The van der Waals surface area contributed by atoms with Gasteiger partial charge in [-0.1, -0.05) is 12.1 Å². The largest absolute Gasteiger partial charge is 0.294 e. The molecule has 0 spiro atoms. The lowest BCUT2D eigenvalue weighted by molar-refractivity contribution is -0.139. The zero-order valence-corrected chi connectivity index (χ0v) is 16.4. The summed E-state index contributed by atoms with van der Waals surface area (Å²) in [6, 6.07) is 8.49. The first-order chi connectivity index (χ1) is 14.9. The van der Waals surface area contributed by atoms with Crippen LogP contribution in [-0.4, -0.2) is 37.4 Å². The first kappa shape index (κ1) is 18.9. The van der Waals surface area contributed by atoms with Crippen molar-refractivity contribution in [2.24, 2.45) is 0 Å². The van der Waals surface area contributed by atoms with Gasteiger partial charge in [-0.25, -0.2) is 14.4 Å². The molecule has 3 heterocycles. The molecular weight excluding hydrogens is 399 g/mol. The van der Waals surface area contributed by atoms with E-state index < -0.39 is 23.7 Å². The molecule has 152 valence electrons. The predicted octanol–water partition coefficient (Wildman–Crippen LogP) is 3.09. The molecule has 7 nitrogen and oxygen atoms in total. The number of amides is 2. The SMILES string of the molecule is CC(c1nc2ccc(F)cc2nc1-c1ccccn1)N1C(=O)C2=CCC(=O)C=C2C1=O. The Hall–Kier alpha value is -4.07. The molecule has 1 atom stereocenters. The Balaban J connectivity index is 1.68. The number of likely N-dealkylation sites (tertiary alicyclic amines) is 1. The zero-order chi connectivity index (χ0) is 21.7. The highest BCUT2D eigenvalue weighted by molar-refractivity contribution is 6.27. The molecule has 31 heavy (non-hydrogen) atoms. The van der Waals surface area contributed by atoms with Gasteiger partial charge in [-0.05, 0) is 37.3 Å². The predicted molar refractivity (Wildman–Crippen MR) is 109 cm³/mol. The van der Waals surface area contributed by atoms with Crippen LogP contribution in [0.4, 0.5) is 4.39 Å². The van der Waals surface area contributed by atoms with E-state index in [9.17, 15) is 18.8 Å². The highest BCUT2D eigenvalue weighted by Crippen LogP contribution is 2.37. The Morgan fingerprint density at radius 2 is 1.81 bits per heavy atom. The molecule has 5 rings (SSSR count). The van der Waals surface area contributed by atoms with E-state index >= 15 is 0 Å². The maximum Gasteiger partial charge on any atom is 0.262 e. The summed E-state index contributed by atoms with van der Waals surface area (Å²) in [6.07, 6.45) is 4.37. The van der Waals surface area contributed by atoms with Gasteiger partial charge in [0.15, 0.2) is 5.78 Å². The fraction of sp³-hybridized carbons (Fsp3) is 0.130. The molecule has 2 amide bonds. The Morgan fingerprint density at radius 3 is 2.58 bits per heavy atom. The first-order valence-electron chi connectivity index (χ1n) is 9.65. The minimum Gasteiger partial charge on any atom is -0.294 e. The number of pyridine rings is 1. The van der Waals surface area contributed by atoms with Crippen LogP contribution in [0.3, 0.4) is 0 Å². The van der Waals surface area contributed by atoms with Gasteiger partial charge in [-0.3, -0.25) is 24.3 Å². The summed E-state index contributed by atoms with van der Waals surface area (Å²) in [5, 5.41) is 0. The molecule has 1 aliphatic heterocycles. The quantitative estimate of drug-likeness (QED) is 0.612. The molecule has 1 fully saturated rings. The van der Waals surface area contributed by atoms with Gasteiger partial charge in [-0.2, -0.15) is 0 Å². The number of aromatic nitrogens is 3. The number of ketones is 1. The standard InChI is InChI=1S/C23H15FN4O3/c1-12(28-22(30)15-7-6-14(29)11-16(15)23(28)31)20-21(18-4-2-3-9-25-18)27-19-10-13(24)5-8-17(19)26-20/h2-5,7-12H,6H2,1H3. The fourth-order valence-corrected chi connectivity index (χ4v) is 3.84. The molecule has 2 aliphatic rings. The summed E-state index contributed by atoms with van der Waals surface area (Å²) in [7, 11) is 0. The van der Waals surface area contributed by atoms with Crippen molar-refractivity contribution in [1.29, 1.82) is 0 Å². The second-order valence-electron chi connectivity index (χ2n) is 7.31. The lowest BCUT2D eigenvalue weighted by atomic mass is 9.99. The number of imide groups is 1. The molecule has 0 N–H and O–H groups in total. The minimum absolute atomic E-state index is 0.0839. The van der Waals surface area contributed by atoms with Gasteiger partial charge in [0.1, 0.15) is 11.5 Å². The Kier molecular flexibility index (Phi) is 4.28. The summed E-state index contributed by atoms with van der Waals surface area (Å²) in [5.74, 6) is -1.71. The summed E-state index contributed by atoms with van der Waals surface area (Å²) in [6.45, 7) is 1.67. The third-order valence-electron chi connectivity index (χ3n) is 5.35. The number of nitrogens with zero attached hydrogens (tertiary/aromatic N) is 4. The van der Waals surface area contributed by atoms with Gasteiger partial charge in [0.25, 0.3) is 11.8 Å². The summed E-state index contributed by atoms with van der Waals surface area (Å²) >= 11 is 0. The van der Waals surface area contributed by atoms with Gasteiger partial charge < -0.3 is 0 Å². The van der Waals surface area contributed by atoms with Crippen LogP contribution >= 0.6 is 0 Å². The third kappa shape index (κ3) is 3.04. The third-order valence-corrected chi connectivity index (χ3v) is 5.35. The molecule has 3 aromatic rings. The van der Waals surface area contributed by atoms with Gasteiger partial charge in [-0.15, -0.1) is 0 Å². The van der Waals surface area contributed by atoms with Crippen LogP contribution in [0.25, 0.3) is 22.4 Å². The maximum absolute atomic E-state index is 13.8. The molecule has 0 radical (unpaired) electrons. The molecule has 0 saturated carbocycles. The number of allylic oxidation sites excluding steroid dienone is 2. The van der Waals surface area contributed by atoms with E-state index in [1.807, 2.05) is 0 Å². The van der Waals surface area contributed by atoms with Crippen LogP contribution in [0.5, 0.6) is 0 Å². The van der Waals surface area contributed by atoms with Crippen molar-refractivity contribution < 1.29 is 18.8 Å². The Bertz CT molecular complexity index is 1350. The number of hydrogen-bond acceptors (Lipinski definition) is 6. The lowest BCUT2D eigenvalue weighted by Crippen LogP contribution is -2.33. The van der Waals surface area contributed by atoms with Crippen LogP contribution < -0.4 is 0 Å². The number of rotatable bonds is 3. The van der Waals surface area contributed by atoms with Crippen molar-refractivity contribution >= 4 is 28.6 Å². The molecule has 1 unspecified atom stereocenters. The Morgan fingerprint density at radius 1 is 1.00 bits per heavy atom. The van der Waals surface area contributed by atoms with E-state index in [4.69, 9.17) is 0 Å². The molecule has 1 aromatic carbocycles. The minimum atomic E-state index is -0.790. The van der Waals surface area contributed by atoms with Gasteiger partial charge >= 0.3 is 0 Å². The van der Waals surface area contributed by atoms with Crippen LogP contribution in [0.15, 0.2) is 65.9 Å². The first-order valence-corrected chi connectivity index (χ1v) is 9.65. The topological polar surface area (TPSA) is 93.1 Å². The van der Waals surface area contributed by atoms with Crippen LogP contribution in [0.2, 0.25) is 0 Å². The molecular formula is C23H15FN4O3. The Labute approximate surface area is 175 Å². The molecule has 1 aliphatic carbocycles. The second kappa shape index (κ2) is 7.02. The number of hydrogen-bond donors (Lipinski definition) is 0. The van der Waals surface area contributed by atoms with Crippen LogP contribution in [-0.2, 0) is 14.4 Å². The maximum atomic E-state index is 13.8. The van der Waals surface area contributed by atoms with Crippen molar-refractivity contribution in [3.05, 3.63) is 77.4 Å². The number of carbonyl (C=O) groups excluding carboxylic acids is 3.